The highest BCUT2D eigenvalue weighted by atomic mass is 35.5. The lowest BCUT2D eigenvalue weighted by atomic mass is 10.0. The number of carbonyl (C=O) groups is 2. The van der Waals surface area contributed by atoms with Gasteiger partial charge in [0.1, 0.15) is 5.41 Å². The maximum Gasteiger partial charge on any atom is 0.236 e. The molecule has 0 saturated heterocycles. The zero-order valence-electron chi connectivity index (χ0n) is 13.3. The summed E-state index contributed by atoms with van der Waals surface area (Å²) in [6.45, 7) is 6.25. The van der Waals surface area contributed by atoms with Gasteiger partial charge in [0.2, 0.25) is 11.8 Å². The molecule has 5 heteroatoms. The fraction of sp³-hybridized carbons (Fsp3) is 0.529. The van der Waals surface area contributed by atoms with Crippen LogP contribution in [0.15, 0.2) is 24.3 Å². The molecule has 0 heterocycles. The Labute approximate surface area is 136 Å². The van der Waals surface area contributed by atoms with Gasteiger partial charge in [-0.05, 0) is 57.7 Å². The van der Waals surface area contributed by atoms with E-state index in [0.29, 0.717) is 30.8 Å². The molecule has 4 nitrogen and oxygen atoms in total. The van der Waals surface area contributed by atoms with Gasteiger partial charge >= 0.3 is 0 Å². The summed E-state index contributed by atoms with van der Waals surface area (Å²) in [6, 6.07) is 7.56. The van der Waals surface area contributed by atoms with Gasteiger partial charge in [0.15, 0.2) is 0 Å². The molecule has 0 unspecified atom stereocenters. The maximum atomic E-state index is 12.3. The fourth-order valence-corrected chi connectivity index (χ4v) is 2.54. The van der Waals surface area contributed by atoms with Crippen molar-refractivity contribution in [1.29, 1.82) is 0 Å². The molecule has 0 bridgehead atoms. The first-order valence-electron chi connectivity index (χ1n) is 7.58. The van der Waals surface area contributed by atoms with Crippen LogP contribution in [0.4, 0.5) is 0 Å². The predicted molar refractivity (Wildman–Crippen MR) is 87.7 cm³/mol. The third-order valence-corrected chi connectivity index (χ3v) is 3.93. The van der Waals surface area contributed by atoms with E-state index < -0.39 is 5.41 Å². The third kappa shape index (κ3) is 4.23. The average molecular weight is 323 g/mol. The molecule has 1 aliphatic rings. The highest BCUT2D eigenvalue weighted by Gasteiger charge is 2.56. The topological polar surface area (TPSA) is 58.2 Å². The van der Waals surface area contributed by atoms with E-state index in [4.69, 9.17) is 11.6 Å². The van der Waals surface area contributed by atoms with Crippen LogP contribution >= 0.6 is 11.6 Å². The van der Waals surface area contributed by atoms with Gasteiger partial charge in [-0.3, -0.25) is 9.59 Å². The normalized spacial score (nSPS) is 16.0. The molecule has 0 aromatic heterocycles. The number of hydrogen-bond acceptors (Lipinski definition) is 2. The Morgan fingerprint density at radius 3 is 2.45 bits per heavy atom. The number of rotatable bonds is 5. The molecule has 0 radical (unpaired) electrons. The van der Waals surface area contributed by atoms with Crippen LogP contribution in [0.25, 0.3) is 0 Å². The summed E-state index contributed by atoms with van der Waals surface area (Å²) in [5.41, 5.74) is -0.119. The Balaban J connectivity index is 1.86. The first-order chi connectivity index (χ1) is 10.2. The van der Waals surface area contributed by atoms with Crippen LogP contribution in [-0.4, -0.2) is 23.9 Å². The van der Waals surface area contributed by atoms with Crippen molar-refractivity contribution in [3.8, 4) is 0 Å². The first kappa shape index (κ1) is 16.8. The van der Waals surface area contributed by atoms with Gasteiger partial charge in [0, 0.05) is 17.1 Å². The minimum atomic E-state index is -0.860. The summed E-state index contributed by atoms with van der Waals surface area (Å²) in [5, 5.41) is 6.47. The molecule has 120 valence electrons. The third-order valence-electron chi connectivity index (χ3n) is 3.70. The summed E-state index contributed by atoms with van der Waals surface area (Å²) in [7, 11) is 0. The second-order valence-corrected chi connectivity index (χ2v) is 7.36. The molecule has 0 aliphatic heterocycles. The molecule has 0 spiro atoms. The number of carbonyl (C=O) groups excluding carboxylic acids is 2. The Bertz CT molecular complexity index is 574. The number of nitrogens with one attached hydrogen (secondary N) is 2. The van der Waals surface area contributed by atoms with Crippen molar-refractivity contribution in [3.05, 3.63) is 34.9 Å². The minimum absolute atomic E-state index is 0.166. The van der Waals surface area contributed by atoms with Crippen molar-refractivity contribution in [2.75, 3.05) is 6.54 Å². The van der Waals surface area contributed by atoms with Crippen molar-refractivity contribution >= 4 is 23.4 Å². The summed E-state index contributed by atoms with van der Waals surface area (Å²) in [5.74, 6) is -0.337. The Hall–Kier alpha value is -1.55. The first-order valence-corrected chi connectivity index (χ1v) is 7.96. The largest absolute Gasteiger partial charge is 0.355 e. The Kier molecular flexibility index (Phi) is 4.81. The van der Waals surface area contributed by atoms with Gasteiger partial charge in [-0.1, -0.05) is 23.7 Å². The van der Waals surface area contributed by atoms with Gasteiger partial charge in [-0.2, -0.15) is 0 Å². The van der Waals surface area contributed by atoms with Crippen LogP contribution in [-0.2, 0) is 16.0 Å². The SMILES string of the molecule is CC(C)(C)NC(=O)C1(C(=O)NCCc2cccc(Cl)c2)CC1. The van der Waals surface area contributed by atoms with Crippen molar-refractivity contribution in [3.63, 3.8) is 0 Å². The van der Waals surface area contributed by atoms with Crippen molar-refractivity contribution in [1.82, 2.24) is 10.6 Å². The second-order valence-electron chi connectivity index (χ2n) is 6.92. The lowest BCUT2D eigenvalue weighted by molar-refractivity contribution is -0.138. The molecule has 1 aliphatic carbocycles. The number of hydrogen-bond donors (Lipinski definition) is 2. The summed E-state index contributed by atoms with van der Waals surface area (Å²) < 4.78 is 0. The molecule has 2 amide bonds. The molecule has 0 atom stereocenters. The molecular weight excluding hydrogens is 300 g/mol. The second kappa shape index (κ2) is 6.29. The van der Waals surface area contributed by atoms with E-state index in [1.165, 1.54) is 0 Å². The zero-order chi connectivity index (χ0) is 16.4. The molecular formula is C17H23ClN2O2. The van der Waals surface area contributed by atoms with Gasteiger partial charge in [-0.25, -0.2) is 0 Å². The molecule has 2 rings (SSSR count). The lowest BCUT2D eigenvalue weighted by Gasteiger charge is -2.24. The molecule has 1 aromatic carbocycles. The molecule has 1 aromatic rings. The van der Waals surface area contributed by atoms with Gasteiger partial charge in [0.05, 0.1) is 0 Å². The van der Waals surface area contributed by atoms with E-state index in [2.05, 4.69) is 10.6 Å². The van der Waals surface area contributed by atoms with Crippen LogP contribution in [0, 0.1) is 5.41 Å². The highest BCUT2D eigenvalue weighted by Crippen LogP contribution is 2.46. The minimum Gasteiger partial charge on any atom is -0.355 e. The van der Waals surface area contributed by atoms with Gasteiger partial charge < -0.3 is 10.6 Å². The summed E-state index contributed by atoms with van der Waals surface area (Å²) in [6.07, 6.45) is 1.94. The maximum absolute atomic E-state index is 12.3. The van der Waals surface area contributed by atoms with E-state index in [0.717, 1.165) is 5.56 Å². The van der Waals surface area contributed by atoms with Crippen LogP contribution in [0.1, 0.15) is 39.2 Å². The predicted octanol–water partition coefficient (Wildman–Crippen LogP) is 2.69. The van der Waals surface area contributed by atoms with Crippen LogP contribution in [0.5, 0.6) is 0 Å². The fourth-order valence-electron chi connectivity index (χ4n) is 2.32. The standard InChI is InChI=1S/C17H23ClN2O2/c1-16(2,3)20-15(22)17(8-9-17)14(21)19-10-7-12-5-4-6-13(18)11-12/h4-6,11H,7-10H2,1-3H3,(H,19,21)(H,20,22). The van der Waals surface area contributed by atoms with Gasteiger partial charge in [-0.15, -0.1) is 0 Å². The van der Waals surface area contributed by atoms with Crippen LogP contribution in [0.2, 0.25) is 5.02 Å². The number of amides is 2. The van der Waals surface area contributed by atoms with Crippen molar-refractivity contribution in [2.24, 2.45) is 5.41 Å². The van der Waals surface area contributed by atoms with Crippen LogP contribution in [0.3, 0.4) is 0 Å². The summed E-state index contributed by atoms with van der Waals surface area (Å²) >= 11 is 5.93. The Morgan fingerprint density at radius 2 is 1.91 bits per heavy atom. The molecule has 1 fully saturated rings. The number of halogens is 1. The average Bonchev–Trinajstić information content (AvgIpc) is 3.18. The zero-order valence-corrected chi connectivity index (χ0v) is 14.1. The van der Waals surface area contributed by atoms with E-state index in [1.807, 2.05) is 45.0 Å². The van der Waals surface area contributed by atoms with Crippen molar-refractivity contribution < 1.29 is 9.59 Å². The lowest BCUT2D eigenvalue weighted by Crippen LogP contribution is -2.49. The van der Waals surface area contributed by atoms with E-state index in [9.17, 15) is 9.59 Å². The monoisotopic (exact) mass is 322 g/mol. The molecule has 2 N–H and O–H groups in total. The van der Waals surface area contributed by atoms with E-state index >= 15 is 0 Å². The summed E-state index contributed by atoms with van der Waals surface area (Å²) in [4.78, 5) is 24.6. The van der Waals surface area contributed by atoms with Crippen LogP contribution < -0.4 is 10.6 Å². The smallest absolute Gasteiger partial charge is 0.236 e. The van der Waals surface area contributed by atoms with Gasteiger partial charge in [0.25, 0.3) is 0 Å². The number of benzene rings is 1. The van der Waals surface area contributed by atoms with Crippen molar-refractivity contribution in [2.45, 2.75) is 45.6 Å². The van der Waals surface area contributed by atoms with E-state index in [1.54, 1.807) is 0 Å². The molecule has 22 heavy (non-hydrogen) atoms. The molecule has 1 saturated carbocycles. The Morgan fingerprint density at radius 1 is 1.23 bits per heavy atom. The quantitative estimate of drug-likeness (QED) is 0.819. The highest BCUT2D eigenvalue weighted by molar-refractivity contribution is 6.30. The van der Waals surface area contributed by atoms with E-state index in [-0.39, 0.29) is 17.4 Å².